The van der Waals surface area contributed by atoms with Crippen molar-refractivity contribution < 1.29 is 27.4 Å². The van der Waals surface area contributed by atoms with Crippen LogP contribution in [0, 0.1) is 5.92 Å². The van der Waals surface area contributed by atoms with Crippen molar-refractivity contribution in [2.75, 3.05) is 38.8 Å². The summed E-state index contributed by atoms with van der Waals surface area (Å²) in [6, 6.07) is 7.01. The number of amides is 1. The fourth-order valence-corrected chi connectivity index (χ4v) is 4.47. The number of piperidine rings is 1. The number of alkyl halides is 3. The number of aromatic nitrogens is 1. The standard InChI is InChI=1S/C22H24F3N3O3/c1-30-17-9-15(10-18(12-17)31-2)21(29)28-8-5-14-4-7-27(13-19(14)28)20-11-16(3-6-26-20)22(23,24)25/h3,6,9-12,14,19H,4-5,7-8,13H2,1-2H3. The summed E-state index contributed by atoms with van der Waals surface area (Å²) in [5.74, 6) is 1.52. The second-order valence-corrected chi connectivity index (χ2v) is 7.85. The van der Waals surface area contributed by atoms with E-state index in [0.717, 1.165) is 25.0 Å². The van der Waals surface area contributed by atoms with Crippen LogP contribution < -0.4 is 14.4 Å². The third-order valence-electron chi connectivity index (χ3n) is 6.12. The molecule has 1 amide bonds. The molecule has 2 aliphatic heterocycles. The number of anilines is 1. The van der Waals surface area contributed by atoms with Crippen molar-refractivity contribution >= 4 is 11.7 Å². The molecule has 31 heavy (non-hydrogen) atoms. The van der Waals surface area contributed by atoms with Crippen LogP contribution in [0.3, 0.4) is 0 Å². The van der Waals surface area contributed by atoms with Gasteiger partial charge in [-0.15, -0.1) is 0 Å². The summed E-state index contributed by atoms with van der Waals surface area (Å²) in [5, 5.41) is 0. The Hall–Kier alpha value is -2.97. The highest BCUT2D eigenvalue weighted by Gasteiger charge is 2.41. The summed E-state index contributed by atoms with van der Waals surface area (Å²) in [7, 11) is 3.05. The SMILES string of the molecule is COc1cc(OC)cc(C(=O)N2CCC3CCN(c4cc(C(F)(F)F)ccn4)CC32)c1. The molecule has 6 nitrogen and oxygen atoms in total. The molecule has 0 saturated carbocycles. The Morgan fingerprint density at radius 3 is 2.39 bits per heavy atom. The fraction of sp³-hybridized carbons (Fsp3) is 0.455. The van der Waals surface area contributed by atoms with Crippen molar-refractivity contribution in [1.29, 1.82) is 0 Å². The van der Waals surface area contributed by atoms with Crippen LogP contribution in [0.25, 0.3) is 0 Å². The van der Waals surface area contributed by atoms with E-state index in [4.69, 9.17) is 9.47 Å². The molecule has 2 unspecified atom stereocenters. The van der Waals surface area contributed by atoms with Gasteiger partial charge in [0.25, 0.3) is 5.91 Å². The first-order valence-corrected chi connectivity index (χ1v) is 10.1. The smallest absolute Gasteiger partial charge is 0.416 e. The highest BCUT2D eigenvalue weighted by molar-refractivity contribution is 5.95. The normalized spacial score (nSPS) is 21.1. The number of ether oxygens (including phenoxy) is 2. The number of fused-ring (bicyclic) bond motifs is 1. The molecule has 0 aliphatic carbocycles. The second kappa shape index (κ2) is 8.28. The molecule has 9 heteroatoms. The molecule has 2 saturated heterocycles. The Labute approximate surface area is 178 Å². The van der Waals surface area contributed by atoms with E-state index in [1.54, 1.807) is 18.2 Å². The number of hydrogen-bond acceptors (Lipinski definition) is 5. The predicted molar refractivity (Wildman–Crippen MR) is 109 cm³/mol. The van der Waals surface area contributed by atoms with Gasteiger partial charge in [0.15, 0.2) is 0 Å². The maximum Gasteiger partial charge on any atom is 0.416 e. The summed E-state index contributed by atoms with van der Waals surface area (Å²) < 4.78 is 49.9. The molecule has 0 radical (unpaired) electrons. The maximum absolute atomic E-state index is 13.3. The molecule has 4 rings (SSSR count). The van der Waals surface area contributed by atoms with Crippen LogP contribution in [-0.2, 0) is 6.18 Å². The highest BCUT2D eigenvalue weighted by Crippen LogP contribution is 2.36. The van der Waals surface area contributed by atoms with Gasteiger partial charge in [-0.3, -0.25) is 4.79 Å². The number of carbonyl (C=O) groups is 1. The van der Waals surface area contributed by atoms with Gasteiger partial charge in [0.2, 0.25) is 0 Å². The molecule has 0 spiro atoms. The Kier molecular flexibility index (Phi) is 5.68. The Bertz CT molecular complexity index is 944. The Morgan fingerprint density at radius 2 is 1.74 bits per heavy atom. The third kappa shape index (κ3) is 4.26. The molecule has 2 aromatic rings. The largest absolute Gasteiger partial charge is 0.497 e. The van der Waals surface area contributed by atoms with Gasteiger partial charge >= 0.3 is 6.18 Å². The molecular formula is C22H24F3N3O3. The van der Waals surface area contributed by atoms with Gasteiger partial charge in [0, 0.05) is 37.5 Å². The van der Waals surface area contributed by atoms with Crippen LogP contribution >= 0.6 is 0 Å². The topological polar surface area (TPSA) is 54.9 Å². The van der Waals surface area contributed by atoms with Crippen molar-refractivity contribution in [1.82, 2.24) is 9.88 Å². The van der Waals surface area contributed by atoms with E-state index in [-0.39, 0.29) is 17.8 Å². The van der Waals surface area contributed by atoms with Gasteiger partial charge < -0.3 is 19.3 Å². The maximum atomic E-state index is 13.3. The first-order chi connectivity index (χ1) is 14.8. The molecule has 1 aromatic carbocycles. The van der Waals surface area contributed by atoms with Crippen LogP contribution in [0.1, 0.15) is 28.8 Å². The summed E-state index contributed by atoms with van der Waals surface area (Å²) in [6.45, 7) is 1.67. The van der Waals surface area contributed by atoms with E-state index in [9.17, 15) is 18.0 Å². The summed E-state index contributed by atoms with van der Waals surface area (Å²) >= 11 is 0. The zero-order valence-corrected chi connectivity index (χ0v) is 17.4. The van der Waals surface area contributed by atoms with Crippen LogP contribution in [0.4, 0.5) is 19.0 Å². The molecule has 0 bridgehead atoms. The van der Waals surface area contributed by atoms with E-state index >= 15 is 0 Å². The minimum atomic E-state index is -4.42. The van der Waals surface area contributed by atoms with Crippen molar-refractivity contribution in [3.8, 4) is 11.5 Å². The number of halogens is 3. The fourth-order valence-electron chi connectivity index (χ4n) is 4.47. The Morgan fingerprint density at radius 1 is 1.06 bits per heavy atom. The number of rotatable bonds is 4. The second-order valence-electron chi connectivity index (χ2n) is 7.85. The van der Waals surface area contributed by atoms with Crippen LogP contribution in [-0.4, -0.2) is 55.7 Å². The summed E-state index contributed by atoms with van der Waals surface area (Å²) in [4.78, 5) is 21.1. The predicted octanol–water partition coefficient (Wildman–Crippen LogP) is 3.86. The first kappa shape index (κ1) is 21.3. The molecule has 2 aliphatic rings. The van der Waals surface area contributed by atoms with Gasteiger partial charge in [0.1, 0.15) is 17.3 Å². The van der Waals surface area contributed by atoms with Crippen molar-refractivity contribution in [2.24, 2.45) is 5.92 Å². The van der Waals surface area contributed by atoms with E-state index in [2.05, 4.69) is 4.98 Å². The Balaban J connectivity index is 1.56. The highest BCUT2D eigenvalue weighted by atomic mass is 19.4. The lowest BCUT2D eigenvalue weighted by Gasteiger charge is -2.39. The number of hydrogen-bond donors (Lipinski definition) is 0. The number of benzene rings is 1. The van der Waals surface area contributed by atoms with Crippen molar-refractivity contribution in [3.63, 3.8) is 0 Å². The number of likely N-dealkylation sites (tertiary alicyclic amines) is 1. The molecule has 3 heterocycles. The van der Waals surface area contributed by atoms with E-state index < -0.39 is 11.7 Å². The van der Waals surface area contributed by atoms with Gasteiger partial charge in [-0.25, -0.2) is 4.98 Å². The lowest BCUT2D eigenvalue weighted by Crippen LogP contribution is -2.50. The number of methoxy groups -OCH3 is 2. The molecular weight excluding hydrogens is 411 g/mol. The monoisotopic (exact) mass is 435 g/mol. The van der Waals surface area contributed by atoms with Crippen molar-refractivity contribution in [3.05, 3.63) is 47.7 Å². The number of nitrogens with zero attached hydrogens (tertiary/aromatic N) is 3. The van der Waals surface area contributed by atoms with Gasteiger partial charge in [-0.1, -0.05) is 0 Å². The molecule has 2 atom stereocenters. The average Bonchev–Trinajstić information content (AvgIpc) is 3.21. The zero-order chi connectivity index (χ0) is 22.2. The molecule has 2 fully saturated rings. The summed E-state index contributed by atoms with van der Waals surface area (Å²) in [6.07, 6.45) is -1.56. The van der Waals surface area contributed by atoms with Crippen LogP contribution in [0.5, 0.6) is 11.5 Å². The number of carbonyl (C=O) groups excluding carboxylic acids is 1. The van der Waals surface area contributed by atoms with Crippen LogP contribution in [0.15, 0.2) is 36.5 Å². The van der Waals surface area contributed by atoms with Gasteiger partial charge in [-0.05, 0) is 43.0 Å². The van der Waals surface area contributed by atoms with Gasteiger partial charge in [0.05, 0.1) is 25.8 Å². The number of pyridine rings is 1. The molecule has 0 N–H and O–H groups in total. The lowest BCUT2D eigenvalue weighted by atomic mass is 9.92. The third-order valence-corrected chi connectivity index (χ3v) is 6.12. The van der Waals surface area contributed by atoms with E-state index in [1.807, 2.05) is 9.80 Å². The van der Waals surface area contributed by atoms with E-state index in [1.165, 1.54) is 20.4 Å². The zero-order valence-electron chi connectivity index (χ0n) is 17.4. The first-order valence-electron chi connectivity index (χ1n) is 10.1. The summed E-state index contributed by atoms with van der Waals surface area (Å²) in [5.41, 5.74) is -0.256. The van der Waals surface area contributed by atoms with Gasteiger partial charge in [-0.2, -0.15) is 13.2 Å². The van der Waals surface area contributed by atoms with Crippen molar-refractivity contribution in [2.45, 2.75) is 25.1 Å². The average molecular weight is 435 g/mol. The quantitative estimate of drug-likeness (QED) is 0.730. The molecule has 1 aromatic heterocycles. The van der Waals surface area contributed by atoms with Crippen LogP contribution in [0.2, 0.25) is 0 Å². The van der Waals surface area contributed by atoms with E-state index in [0.29, 0.717) is 42.6 Å². The minimum absolute atomic E-state index is 0.0882. The molecule has 166 valence electrons. The minimum Gasteiger partial charge on any atom is -0.497 e. The lowest BCUT2D eigenvalue weighted by molar-refractivity contribution is -0.137.